The fraction of sp³-hybridized carbons (Fsp3) is 0.568. The number of amides is 6. The number of aryl methyl sites for hydroxylation is 2. The largest absolute Gasteiger partial charge is 0.468 e. The van der Waals surface area contributed by atoms with Crippen molar-refractivity contribution in [3.63, 3.8) is 0 Å². The summed E-state index contributed by atoms with van der Waals surface area (Å²) in [7, 11) is 3.98. The van der Waals surface area contributed by atoms with E-state index >= 15 is 0 Å². The first-order valence-electron chi connectivity index (χ1n) is 43.1. The maximum Gasteiger partial charge on any atom is 0.333 e. The van der Waals surface area contributed by atoms with Crippen LogP contribution in [0.25, 0.3) is 0 Å². The number of anilines is 1. The van der Waals surface area contributed by atoms with Crippen molar-refractivity contribution in [1.82, 2.24) is 26.6 Å². The normalized spacial score (nSPS) is 26.1. The number of carbonyl (C=O) groups excluding carboxylic acids is 9. The third kappa shape index (κ3) is 24.6. The van der Waals surface area contributed by atoms with E-state index in [4.69, 9.17) is 4.74 Å². The number of ether oxygens (including phenoxy) is 3. The van der Waals surface area contributed by atoms with E-state index in [0.29, 0.717) is 65.1 Å². The molecule has 18 heteroatoms. The zero-order valence-corrected chi connectivity index (χ0v) is 68.2. The first-order valence-corrected chi connectivity index (χ1v) is 43.1. The number of fused-ring (bicyclic) bond motifs is 6. The number of esters is 3. The molecular formula is C95H128N6O12. The van der Waals surface area contributed by atoms with Crippen molar-refractivity contribution in [2.75, 3.05) is 46.3 Å². The number of nitrogens with one attached hydrogen (secondary N) is 6. The van der Waals surface area contributed by atoms with Crippen LogP contribution in [0.4, 0.5) is 5.69 Å². The number of rotatable bonds is 20. The first kappa shape index (κ1) is 86.5. The summed E-state index contributed by atoms with van der Waals surface area (Å²) in [6, 6.07) is 26.2. The van der Waals surface area contributed by atoms with Gasteiger partial charge in [-0.3, -0.25) is 33.6 Å². The van der Waals surface area contributed by atoms with Gasteiger partial charge in [-0.2, -0.15) is 0 Å². The monoisotopic (exact) mass is 1540 g/mol. The van der Waals surface area contributed by atoms with E-state index in [2.05, 4.69) is 128 Å². The van der Waals surface area contributed by atoms with Gasteiger partial charge in [0.25, 0.3) is 5.91 Å². The molecule has 0 spiro atoms. The molecule has 14 unspecified atom stereocenters. The van der Waals surface area contributed by atoms with Crippen LogP contribution in [0.2, 0.25) is 0 Å². The van der Waals surface area contributed by atoms with Crippen molar-refractivity contribution in [1.29, 1.82) is 0 Å². The molecular weight excluding hydrogens is 1420 g/mol. The van der Waals surface area contributed by atoms with Crippen molar-refractivity contribution in [3.05, 3.63) is 184 Å². The molecule has 0 bridgehead atoms. The van der Waals surface area contributed by atoms with Crippen LogP contribution in [0, 0.1) is 77.9 Å². The number of para-hydroxylation sites is 1. The van der Waals surface area contributed by atoms with Gasteiger partial charge in [0.2, 0.25) is 29.5 Å². The minimum absolute atomic E-state index is 0.0376. The Morgan fingerprint density at radius 3 is 1.12 bits per heavy atom. The fourth-order valence-electron chi connectivity index (χ4n) is 18.6. The highest BCUT2D eigenvalue weighted by Gasteiger charge is 2.43. The van der Waals surface area contributed by atoms with E-state index in [9.17, 15) is 43.2 Å². The highest BCUT2D eigenvalue weighted by Crippen LogP contribution is 2.49. The average Bonchev–Trinajstić information content (AvgIpc) is 0.801. The van der Waals surface area contributed by atoms with E-state index < -0.39 is 30.0 Å². The number of hydrogen-bond donors (Lipinski definition) is 6. The Labute approximate surface area is 672 Å². The lowest BCUT2D eigenvalue weighted by molar-refractivity contribution is -0.145. The molecule has 113 heavy (non-hydrogen) atoms. The van der Waals surface area contributed by atoms with Crippen LogP contribution in [0.5, 0.6) is 0 Å². The molecule has 0 aromatic heterocycles. The third-order valence-electron chi connectivity index (χ3n) is 25.4. The van der Waals surface area contributed by atoms with Gasteiger partial charge in [-0.25, -0.2) is 9.59 Å². The summed E-state index contributed by atoms with van der Waals surface area (Å²) in [5.74, 6) is 5.67. The zero-order chi connectivity index (χ0) is 80.0. The second-order valence-corrected chi connectivity index (χ2v) is 33.1. The Morgan fingerprint density at radius 1 is 0.389 bits per heavy atom. The number of benzene rings is 3. The lowest BCUT2D eigenvalue weighted by Crippen LogP contribution is -2.44. The van der Waals surface area contributed by atoms with E-state index in [0.717, 1.165) is 102 Å². The lowest BCUT2D eigenvalue weighted by atomic mass is 9.66. The second kappa shape index (κ2) is 44.7. The third-order valence-corrected chi connectivity index (χ3v) is 25.4. The van der Waals surface area contributed by atoms with Gasteiger partial charge >= 0.3 is 17.9 Å². The summed E-state index contributed by atoms with van der Waals surface area (Å²) in [6.07, 6.45) is 55.5. The van der Waals surface area contributed by atoms with Gasteiger partial charge in [0.15, 0.2) is 6.04 Å². The minimum atomic E-state index is -0.748. The summed E-state index contributed by atoms with van der Waals surface area (Å²) >= 11 is 0. The molecule has 6 saturated carbocycles. The van der Waals surface area contributed by atoms with Crippen LogP contribution in [0.3, 0.4) is 0 Å². The van der Waals surface area contributed by atoms with Crippen molar-refractivity contribution < 1.29 is 57.4 Å². The molecule has 0 radical (unpaired) electrons. The van der Waals surface area contributed by atoms with E-state index in [1.807, 2.05) is 60.7 Å². The summed E-state index contributed by atoms with van der Waals surface area (Å²) in [5.41, 5.74) is 10.0. The fourth-order valence-corrected chi connectivity index (χ4v) is 18.6. The zero-order valence-electron chi connectivity index (χ0n) is 68.2. The highest BCUT2D eigenvalue weighted by atomic mass is 16.5. The Morgan fingerprint density at radius 2 is 0.752 bits per heavy atom. The van der Waals surface area contributed by atoms with Gasteiger partial charge in [-0.05, 0) is 230 Å². The number of carbonyl (C=O) groups is 9. The molecule has 0 saturated heterocycles. The van der Waals surface area contributed by atoms with Crippen molar-refractivity contribution in [2.45, 2.75) is 232 Å². The Kier molecular flexibility index (Phi) is 34.2. The van der Waals surface area contributed by atoms with Crippen LogP contribution < -0.4 is 31.9 Å². The molecule has 13 aliphatic carbocycles. The maximum atomic E-state index is 12.5. The topological polar surface area (TPSA) is 253 Å². The highest BCUT2D eigenvalue weighted by molar-refractivity contribution is 6.05. The summed E-state index contributed by atoms with van der Waals surface area (Å²) in [4.78, 5) is 106. The number of allylic oxidation sites excluding steroid dienone is 8. The van der Waals surface area contributed by atoms with Gasteiger partial charge in [0.1, 0.15) is 12.6 Å². The minimum Gasteiger partial charge on any atom is -0.468 e. The van der Waals surface area contributed by atoms with Gasteiger partial charge in [0, 0.05) is 52.2 Å². The predicted octanol–water partition coefficient (Wildman–Crippen LogP) is 16.7. The van der Waals surface area contributed by atoms with E-state index in [1.54, 1.807) is 6.92 Å². The summed E-state index contributed by atoms with van der Waals surface area (Å²) in [5, 5.41) is 17.1. The summed E-state index contributed by atoms with van der Waals surface area (Å²) in [6.45, 7) is 7.38. The van der Waals surface area contributed by atoms with Gasteiger partial charge in [-0.1, -0.05) is 211 Å². The van der Waals surface area contributed by atoms with Crippen molar-refractivity contribution >= 4 is 59.0 Å². The van der Waals surface area contributed by atoms with Crippen molar-refractivity contribution in [3.8, 4) is 0 Å². The smallest absolute Gasteiger partial charge is 0.333 e. The Bertz CT molecular complexity index is 3920. The molecule has 6 N–H and O–H groups in total. The molecule has 6 fully saturated rings. The molecule has 3 aromatic carbocycles. The van der Waals surface area contributed by atoms with Gasteiger partial charge in [0.05, 0.1) is 21.3 Å². The van der Waals surface area contributed by atoms with Crippen LogP contribution in [0.1, 0.15) is 229 Å². The van der Waals surface area contributed by atoms with Crippen LogP contribution in [-0.4, -0.2) is 100 Å². The SMILES string of the molecule is C1=CCCCC1.CCCNC(=O)C1=CC2CCCCC12.COC(=O)C(C)NC(=O)C1=CC2CCCCC12.COC(=O)C(NC(=O)C1=CC2CCCCC12)c1ccccc1.COC(=O)CNC(=O)C1=CC2CCCCC12.Cc1ccc(CCCNC(=O)C2=CC3CCCCC23)cc1.O=C(Nc1ccccc1)C1=CC2CCCCC12. The van der Waals surface area contributed by atoms with Crippen LogP contribution >= 0.6 is 0 Å². The molecule has 14 atom stereocenters. The Hall–Kier alpha value is -8.93. The van der Waals surface area contributed by atoms with Crippen LogP contribution in [-0.2, 0) is 63.8 Å². The van der Waals surface area contributed by atoms with Gasteiger partial charge in [-0.15, -0.1) is 0 Å². The number of hydrogen-bond acceptors (Lipinski definition) is 12. The second-order valence-electron chi connectivity index (χ2n) is 33.1. The quantitative estimate of drug-likeness (QED) is 0.0267. The average molecular weight is 1550 g/mol. The molecule has 0 aliphatic heterocycles. The van der Waals surface area contributed by atoms with E-state index in [-0.39, 0.29) is 42.0 Å². The lowest BCUT2D eigenvalue weighted by Gasteiger charge is -2.39. The molecule has 3 aromatic rings. The maximum absolute atomic E-state index is 12.5. The summed E-state index contributed by atoms with van der Waals surface area (Å²) < 4.78 is 13.9. The molecule has 13 aliphatic rings. The van der Waals surface area contributed by atoms with Crippen molar-refractivity contribution in [2.24, 2.45) is 71.0 Å². The first-order chi connectivity index (χ1) is 55.0. The predicted molar refractivity (Wildman–Crippen MR) is 444 cm³/mol. The molecule has 16 rings (SSSR count). The molecule has 6 amide bonds. The molecule has 18 nitrogen and oxygen atoms in total. The van der Waals surface area contributed by atoms with Crippen LogP contribution in [0.15, 0.2) is 167 Å². The van der Waals surface area contributed by atoms with E-state index in [1.165, 1.54) is 193 Å². The number of methoxy groups -OCH3 is 3. The standard InChI is InChI=1S/C19H25NO.C18H21NO3.C15H17NO.C13H19NO3.C12H17NO3.C12H19NO.C6H10/c1-14-8-10-15(11-9-14)5-4-12-20-19(21)18-13-16-6-2-3-7-17(16)18;1-22-18(21)16(12-7-3-2-4-8-12)19-17(20)15-11-13-9-5-6-10-14(13)15;17-15(16-12-7-2-1-3-8-12)14-10-11-6-4-5-9-13(11)14;1-8(13(16)17-2)14-12(15)11-7-9-5-3-4-6-10(9)11;1-16-11(14)7-13-12(15)10-6-8-4-2-3-5-9(8)10;1-2-7-13-12(14)11-8-9-5-3-4-6-10(9)11;1-2-4-6-5-3-1/h8-11,13,16-17H,2-7,12H2,1H3,(H,20,21);2-4,7-8,11,13-14,16H,5-6,9-10H2,1H3,(H,19,20);1-3,7-8,10-11,13H,4-6,9H2,(H,16,17);7-10H,3-6H2,1-2H3,(H,14,15);6,8-9H,2-5,7H2,1H3,(H,13,15);8-10H,2-7H2,1H3,(H,13,14);1-2H,3-6H2. The van der Waals surface area contributed by atoms with Gasteiger partial charge < -0.3 is 46.1 Å². The molecule has 610 valence electrons. The molecule has 0 heterocycles. The Balaban J connectivity index is 0.000000142.